The number of pyridine rings is 2. The van der Waals surface area contributed by atoms with E-state index in [1.54, 1.807) is 6.20 Å². The summed E-state index contributed by atoms with van der Waals surface area (Å²) in [4.78, 5) is 12.2. The lowest BCUT2D eigenvalue weighted by Crippen LogP contribution is -2.23. The highest BCUT2D eigenvalue weighted by molar-refractivity contribution is 5.98. The normalized spacial score (nSPS) is 12.1. The van der Waals surface area contributed by atoms with Crippen LogP contribution in [0.3, 0.4) is 0 Å². The maximum absolute atomic E-state index is 4.69. The van der Waals surface area contributed by atoms with Gasteiger partial charge in [0, 0.05) is 52.4 Å². The van der Waals surface area contributed by atoms with Crippen LogP contribution >= 0.6 is 0 Å². The molecule has 41 heavy (non-hydrogen) atoms. The maximum Gasteiger partial charge on any atom is 0.116 e. The Morgan fingerprint density at radius 3 is 2.56 bits per heavy atom. The van der Waals surface area contributed by atoms with Crippen molar-refractivity contribution in [3.63, 3.8) is 0 Å². The zero-order chi connectivity index (χ0) is 28.2. The highest BCUT2D eigenvalue weighted by Gasteiger charge is 2.13. The lowest BCUT2D eigenvalue weighted by atomic mass is 10.0. The number of benzene rings is 2. The summed E-state index contributed by atoms with van der Waals surface area (Å²) in [5, 5.41) is 14.3. The van der Waals surface area contributed by atoms with Gasteiger partial charge in [0.25, 0.3) is 0 Å². The largest absolute Gasteiger partial charge is 0.358 e. The number of fused-ring (bicyclic) bond motifs is 1. The number of rotatable bonds is 8. The summed E-state index contributed by atoms with van der Waals surface area (Å²) in [6.07, 6.45) is 12.1. The van der Waals surface area contributed by atoms with Crippen molar-refractivity contribution in [2.24, 2.45) is 0 Å². The summed E-state index contributed by atoms with van der Waals surface area (Å²) in [5.41, 5.74) is 9.77. The molecule has 0 saturated carbocycles. The molecule has 3 N–H and O–H groups in total. The molecule has 4 heterocycles. The van der Waals surface area contributed by atoms with Gasteiger partial charge in [-0.3, -0.25) is 15.1 Å². The molecule has 6 rings (SSSR count). The minimum atomic E-state index is 0.736. The van der Waals surface area contributed by atoms with E-state index >= 15 is 0 Å². The monoisotopic (exact) mass is 534 g/mol. The smallest absolute Gasteiger partial charge is 0.116 e. The molecular formula is C35H30N6. The quantitative estimate of drug-likeness (QED) is 0.209. The van der Waals surface area contributed by atoms with Gasteiger partial charge in [0.2, 0.25) is 0 Å². The van der Waals surface area contributed by atoms with Gasteiger partial charge < -0.3 is 10.3 Å². The summed E-state index contributed by atoms with van der Waals surface area (Å²) < 4.78 is 0. The van der Waals surface area contributed by atoms with Gasteiger partial charge in [0.1, 0.15) is 5.69 Å². The van der Waals surface area contributed by atoms with Crippen LogP contribution < -0.4 is 15.9 Å². The molecule has 0 aliphatic carbocycles. The van der Waals surface area contributed by atoms with Gasteiger partial charge in [-0.15, -0.1) is 0 Å². The van der Waals surface area contributed by atoms with Gasteiger partial charge in [0.15, 0.2) is 0 Å². The Labute approximate surface area is 238 Å². The zero-order valence-corrected chi connectivity index (χ0v) is 22.9. The first-order valence-electron chi connectivity index (χ1n) is 13.5. The van der Waals surface area contributed by atoms with Crippen LogP contribution in [0, 0.1) is 0 Å². The molecule has 0 aliphatic heterocycles. The van der Waals surface area contributed by atoms with E-state index < -0.39 is 0 Å². The van der Waals surface area contributed by atoms with Crippen LogP contribution in [0.25, 0.3) is 51.1 Å². The molecule has 0 bridgehead atoms. The predicted octanol–water partition coefficient (Wildman–Crippen LogP) is 6.48. The van der Waals surface area contributed by atoms with E-state index in [1.807, 2.05) is 68.0 Å². The predicted molar refractivity (Wildman–Crippen MR) is 169 cm³/mol. The van der Waals surface area contributed by atoms with E-state index in [0.29, 0.717) is 0 Å². The van der Waals surface area contributed by atoms with Gasteiger partial charge >= 0.3 is 0 Å². The lowest BCUT2D eigenvalue weighted by Gasteiger charge is -2.11. The van der Waals surface area contributed by atoms with E-state index in [0.717, 1.165) is 72.9 Å². The molecular weight excluding hydrogens is 504 g/mol. The van der Waals surface area contributed by atoms with Gasteiger partial charge in [-0.2, -0.15) is 5.10 Å². The SMILES string of the molecule is C=C(Cc1ccccc1)Nc1cncc(C(=C)/C=c2/c(-c3cc4c(-c5ccncc5)cccc4[nH]3)n[nH]/c2=C/C)c1. The first kappa shape index (κ1) is 25.8. The second-order valence-electron chi connectivity index (χ2n) is 9.90. The third-order valence-electron chi connectivity index (χ3n) is 7.04. The Kier molecular flexibility index (Phi) is 7.11. The Morgan fingerprint density at radius 2 is 1.76 bits per heavy atom. The van der Waals surface area contributed by atoms with Crippen LogP contribution in [0.4, 0.5) is 5.69 Å². The minimum Gasteiger partial charge on any atom is -0.358 e. The summed E-state index contributed by atoms with van der Waals surface area (Å²) in [6, 6.07) is 24.8. The Hall–Kier alpha value is -5.49. The Bertz CT molecular complexity index is 1980. The van der Waals surface area contributed by atoms with E-state index in [9.17, 15) is 0 Å². The molecule has 6 aromatic rings. The number of nitrogens with one attached hydrogen (secondary N) is 3. The number of aromatic nitrogens is 5. The molecule has 0 saturated heterocycles. The third kappa shape index (κ3) is 5.49. The molecule has 4 aromatic heterocycles. The van der Waals surface area contributed by atoms with Gasteiger partial charge in [-0.05, 0) is 65.6 Å². The Balaban J connectivity index is 1.32. The van der Waals surface area contributed by atoms with Crippen LogP contribution in [0.2, 0.25) is 0 Å². The average Bonchev–Trinajstić information content (AvgIpc) is 3.62. The second kappa shape index (κ2) is 11.3. The van der Waals surface area contributed by atoms with Crippen LogP contribution in [0.15, 0.2) is 116 Å². The van der Waals surface area contributed by atoms with E-state index in [2.05, 4.69) is 86.1 Å². The minimum absolute atomic E-state index is 0.736. The number of hydrogen-bond donors (Lipinski definition) is 3. The van der Waals surface area contributed by atoms with Crippen LogP contribution in [-0.4, -0.2) is 25.1 Å². The van der Waals surface area contributed by atoms with Crippen molar-refractivity contribution >= 4 is 34.3 Å². The fourth-order valence-corrected chi connectivity index (χ4v) is 5.03. The Morgan fingerprint density at radius 1 is 0.927 bits per heavy atom. The molecule has 6 nitrogen and oxygen atoms in total. The maximum atomic E-state index is 4.69. The third-order valence-corrected chi connectivity index (χ3v) is 7.04. The topological polar surface area (TPSA) is 82.3 Å². The molecule has 6 heteroatoms. The van der Waals surface area contributed by atoms with E-state index in [-0.39, 0.29) is 0 Å². The summed E-state index contributed by atoms with van der Waals surface area (Å²) in [5.74, 6) is 0. The highest BCUT2D eigenvalue weighted by atomic mass is 15.1. The van der Waals surface area contributed by atoms with Crippen molar-refractivity contribution in [3.8, 4) is 22.5 Å². The van der Waals surface area contributed by atoms with E-state index in [1.165, 1.54) is 5.56 Å². The van der Waals surface area contributed by atoms with Gasteiger partial charge in [-0.25, -0.2) is 0 Å². The molecule has 0 spiro atoms. The van der Waals surface area contributed by atoms with Crippen molar-refractivity contribution in [1.82, 2.24) is 25.1 Å². The van der Waals surface area contributed by atoms with Gasteiger partial charge in [-0.1, -0.05) is 61.7 Å². The van der Waals surface area contributed by atoms with Crippen molar-refractivity contribution in [1.29, 1.82) is 0 Å². The number of allylic oxidation sites excluding steroid dienone is 2. The molecule has 0 amide bonds. The average molecular weight is 535 g/mol. The van der Waals surface area contributed by atoms with E-state index in [4.69, 9.17) is 0 Å². The number of anilines is 1. The zero-order valence-electron chi connectivity index (χ0n) is 22.9. The number of H-pyrrole nitrogens is 2. The molecule has 0 atom stereocenters. The molecule has 0 unspecified atom stereocenters. The summed E-state index contributed by atoms with van der Waals surface area (Å²) >= 11 is 0. The van der Waals surface area contributed by atoms with Crippen LogP contribution in [-0.2, 0) is 6.42 Å². The summed E-state index contributed by atoms with van der Waals surface area (Å²) in [7, 11) is 0. The van der Waals surface area contributed by atoms with Crippen molar-refractivity contribution in [3.05, 3.63) is 138 Å². The molecule has 200 valence electrons. The van der Waals surface area contributed by atoms with Crippen molar-refractivity contribution < 1.29 is 0 Å². The first-order valence-corrected chi connectivity index (χ1v) is 13.5. The standard InChI is InChI=1S/C35H30N6/c1-4-32-31(17-23(2)27-19-28(22-37-21-27)38-24(3)18-25-9-6-5-7-10-25)35(41-40-32)34-20-30-29(11-8-12-33(30)39-34)26-13-15-36-16-14-26/h4-17,19-22,38-40H,2-3,18H2,1H3/b31-17+,32-4+. The highest BCUT2D eigenvalue weighted by Crippen LogP contribution is 2.31. The number of hydrogen-bond acceptors (Lipinski definition) is 4. The van der Waals surface area contributed by atoms with Crippen LogP contribution in [0.5, 0.6) is 0 Å². The lowest BCUT2D eigenvalue weighted by molar-refractivity contribution is 1.06. The van der Waals surface area contributed by atoms with Crippen LogP contribution in [0.1, 0.15) is 18.1 Å². The van der Waals surface area contributed by atoms with Gasteiger partial charge in [0.05, 0.1) is 22.9 Å². The molecule has 0 fully saturated rings. The summed E-state index contributed by atoms with van der Waals surface area (Å²) in [6.45, 7) is 10.6. The number of aromatic amines is 2. The molecule has 0 radical (unpaired) electrons. The number of nitrogens with zero attached hydrogens (tertiary/aromatic N) is 3. The fourth-order valence-electron chi connectivity index (χ4n) is 5.03. The second-order valence-corrected chi connectivity index (χ2v) is 9.90. The first-order chi connectivity index (χ1) is 20.1. The molecule has 2 aromatic carbocycles. The molecule has 0 aliphatic rings. The van der Waals surface area contributed by atoms with Crippen molar-refractivity contribution in [2.75, 3.05) is 5.32 Å². The van der Waals surface area contributed by atoms with Crippen molar-refractivity contribution in [2.45, 2.75) is 13.3 Å². The fraction of sp³-hybridized carbons (Fsp3) is 0.0571.